The summed E-state index contributed by atoms with van der Waals surface area (Å²) in [6.07, 6.45) is 12.8. The van der Waals surface area contributed by atoms with Crippen LogP contribution in [0.4, 0.5) is 0 Å². The molecule has 3 aromatic rings. The molecule has 5 heterocycles. The Hall–Kier alpha value is -3.38. The average Bonchev–Trinajstić information content (AvgIpc) is 3.35. The summed E-state index contributed by atoms with van der Waals surface area (Å²) in [5.74, 6) is 0.959. The average molecular weight is 552 g/mol. The van der Waals surface area contributed by atoms with Gasteiger partial charge in [0.1, 0.15) is 0 Å². The van der Waals surface area contributed by atoms with E-state index in [1.165, 1.54) is 70.5 Å². The molecule has 2 aromatic heterocycles. The monoisotopic (exact) mass is 551 g/mol. The minimum atomic E-state index is -0.591. The van der Waals surface area contributed by atoms with Gasteiger partial charge in [-0.3, -0.25) is 9.78 Å². The van der Waals surface area contributed by atoms with Gasteiger partial charge in [-0.15, -0.1) is 0 Å². The number of benzene rings is 1. The van der Waals surface area contributed by atoms with Gasteiger partial charge in [0.2, 0.25) is 5.91 Å². The number of carbonyl (C=O) groups is 1. The Balaban J connectivity index is 1.27. The molecule has 1 aliphatic carbocycles. The van der Waals surface area contributed by atoms with Crippen molar-refractivity contribution in [3.8, 4) is 11.3 Å². The van der Waals surface area contributed by atoms with E-state index in [1.807, 2.05) is 12.4 Å². The lowest BCUT2D eigenvalue weighted by molar-refractivity contribution is -0.146. The van der Waals surface area contributed by atoms with Crippen molar-refractivity contribution in [1.29, 1.82) is 0 Å². The van der Waals surface area contributed by atoms with Crippen molar-refractivity contribution >= 4 is 12.0 Å². The van der Waals surface area contributed by atoms with E-state index in [1.54, 1.807) is 0 Å². The minimum absolute atomic E-state index is 0.276. The molecule has 3 aliphatic heterocycles. The highest BCUT2D eigenvalue weighted by Crippen LogP contribution is 2.41. The van der Waals surface area contributed by atoms with Crippen LogP contribution in [0, 0.1) is 25.2 Å². The highest BCUT2D eigenvalue weighted by atomic mass is 16.2. The molecule has 3 fully saturated rings. The maximum atomic E-state index is 14.0. The number of aromatic nitrogens is 2. The predicted octanol–water partition coefficient (Wildman–Crippen LogP) is 5.94. The number of fused-ring (bicyclic) bond motifs is 4. The second-order valence-corrected chi connectivity index (χ2v) is 13.0. The first-order chi connectivity index (χ1) is 19.8. The number of aromatic amines is 1. The number of H-pyrrole nitrogens is 1. The van der Waals surface area contributed by atoms with E-state index in [-0.39, 0.29) is 5.91 Å². The van der Waals surface area contributed by atoms with Crippen LogP contribution < -0.4 is 10.6 Å². The number of hydrogen-bond acceptors (Lipinski definition) is 4. The number of nitrogens with zero attached hydrogens (tertiary/aromatic N) is 2. The molecule has 1 aromatic carbocycles. The van der Waals surface area contributed by atoms with Crippen molar-refractivity contribution in [3.05, 3.63) is 81.9 Å². The number of rotatable bonds is 9. The number of hydrogen-bond donors (Lipinski definition) is 3. The van der Waals surface area contributed by atoms with Gasteiger partial charge in [-0.05, 0) is 132 Å². The van der Waals surface area contributed by atoms with Gasteiger partial charge in [-0.1, -0.05) is 17.2 Å². The topological polar surface area (TPSA) is 73.0 Å². The van der Waals surface area contributed by atoms with Crippen LogP contribution in [-0.4, -0.2) is 46.5 Å². The van der Waals surface area contributed by atoms with Gasteiger partial charge in [0, 0.05) is 47.6 Å². The Bertz CT molecular complexity index is 1410. The fraction of sp³-hybridized carbons (Fsp3) is 0.486. The van der Waals surface area contributed by atoms with Gasteiger partial charge in [0.15, 0.2) is 0 Å². The maximum Gasteiger partial charge on any atom is 0.234 e. The van der Waals surface area contributed by atoms with E-state index in [2.05, 4.69) is 89.6 Å². The molecule has 0 radical (unpaired) electrons. The quantitative estimate of drug-likeness (QED) is 0.288. The number of carbonyl (C=O) groups excluding carboxylic acids is 1. The zero-order valence-corrected chi connectivity index (χ0v) is 25.1. The molecule has 6 heteroatoms. The lowest BCUT2D eigenvalue weighted by Crippen LogP contribution is -2.55. The van der Waals surface area contributed by atoms with Crippen molar-refractivity contribution in [2.24, 2.45) is 11.3 Å². The summed E-state index contributed by atoms with van der Waals surface area (Å²) in [5, 5.41) is 7.32. The lowest BCUT2D eigenvalue weighted by Gasteiger charge is -2.48. The van der Waals surface area contributed by atoms with Gasteiger partial charge < -0.3 is 20.5 Å². The van der Waals surface area contributed by atoms with Crippen LogP contribution in [0.2, 0.25) is 0 Å². The van der Waals surface area contributed by atoms with Crippen molar-refractivity contribution < 1.29 is 4.79 Å². The summed E-state index contributed by atoms with van der Waals surface area (Å²) in [6, 6.07) is 11.4. The second-order valence-electron chi connectivity index (χ2n) is 13.0. The van der Waals surface area contributed by atoms with E-state index in [4.69, 9.17) is 0 Å². The summed E-state index contributed by atoms with van der Waals surface area (Å²) >= 11 is 0. The highest BCUT2D eigenvalue weighted by Gasteiger charge is 2.44. The molecule has 0 atom stereocenters. The third-order valence-electron chi connectivity index (χ3n) is 9.55. The van der Waals surface area contributed by atoms with Crippen LogP contribution in [0.15, 0.2) is 48.4 Å². The van der Waals surface area contributed by atoms with Gasteiger partial charge in [0.05, 0.1) is 12.0 Å². The van der Waals surface area contributed by atoms with Gasteiger partial charge >= 0.3 is 0 Å². The number of amides is 1. The molecular formula is C35H45N5O. The van der Waals surface area contributed by atoms with Crippen LogP contribution in [0.5, 0.6) is 0 Å². The normalized spacial score (nSPS) is 20.0. The predicted molar refractivity (Wildman–Crippen MR) is 166 cm³/mol. The van der Waals surface area contributed by atoms with Crippen LogP contribution >= 0.6 is 0 Å². The molecule has 2 saturated heterocycles. The Morgan fingerprint density at radius 3 is 2.41 bits per heavy atom. The Kier molecular flexibility index (Phi) is 7.78. The summed E-state index contributed by atoms with van der Waals surface area (Å²) in [4.78, 5) is 24.1. The smallest absolute Gasteiger partial charge is 0.234 e. The zero-order chi connectivity index (χ0) is 28.6. The molecule has 2 bridgehead atoms. The van der Waals surface area contributed by atoms with Crippen molar-refractivity contribution in [3.63, 3.8) is 0 Å². The number of pyridine rings is 1. The first-order valence-electron chi connectivity index (χ1n) is 15.5. The molecule has 4 aliphatic rings. The fourth-order valence-electron chi connectivity index (χ4n) is 7.24. The molecule has 3 N–H and O–H groups in total. The van der Waals surface area contributed by atoms with Gasteiger partial charge in [-0.2, -0.15) is 0 Å². The molecule has 6 nitrogen and oxygen atoms in total. The van der Waals surface area contributed by atoms with Crippen LogP contribution in [-0.2, 0) is 24.2 Å². The molecular weight excluding hydrogens is 506 g/mol. The van der Waals surface area contributed by atoms with Crippen molar-refractivity contribution in [1.82, 2.24) is 25.5 Å². The van der Waals surface area contributed by atoms with Crippen molar-refractivity contribution in [2.45, 2.75) is 78.8 Å². The van der Waals surface area contributed by atoms with Crippen molar-refractivity contribution in [2.75, 3.05) is 19.6 Å². The molecule has 7 rings (SSSR count). The zero-order valence-electron chi connectivity index (χ0n) is 25.1. The van der Waals surface area contributed by atoms with Crippen LogP contribution in [0.1, 0.15) is 73.0 Å². The molecule has 0 unspecified atom stereocenters. The van der Waals surface area contributed by atoms with Crippen LogP contribution in [0.25, 0.3) is 17.3 Å². The fourth-order valence-corrected chi connectivity index (χ4v) is 7.24. The molecule has 216 valence electrons. The van der Waals surface area contributed by atoms with E-state index in [9.17, 15) is 4.79 Å². The summed E-state index contributed by atoms with van der Waals surface area (Å²) < 4.78 is 0. The van der Waals surface area contributed by atoms with E-state index in [0.717, 1.165) is 38.2 Å². The molecule has 1 amide bonds. The third-order valence-corrected chi connectivity index (χ3v) is 9.55. The first kappa shape index (κ1) is 27.8. The largest absolute Gasteiger partial charge is 0.382 e. The Labute approximate surface area is 245 Å². The van der Waals surface area contributed by atoms with Crippen LogP contribution in [0.3, 0.4) is 0 Å². The molecule has 1 saturated carbocycles. The lowest BCUT2D eigenvalue weighted by atomic mass is 9.77. The third kappa shape index (κ3) is 5.72. The SMILES string of the molecule is Cc1cc(C)cc(-c2[nH]c3c(c2CCNCCc2ccncc2)C=C(C(C)(C)C(=O)N2CC4CCC2CC4)NC3)c1. The van der Waals surface area contributed by atoms with Gasteiger partial charge in [0.25, 0.3) is 0 Å². The summed E-state index contributed by atoms with van der Waals surface area (Å²) in [7, 11) is 0. The standard InChI is InChI=1S/C35H45N5O/c1-23-17-24(2)19-27(18-23)33-29(12-16-37-15-11-25-9-13-36-14-10-25)30-20-32(38-21-31(30)39-33)35(3,4)34(41)40-22-26-5-7-28(40)8-6-26/h9-10,13-14,17-20,26,28,37-39H,5-8,11-12,15-16,21-22H2,1-4H3. The number of piperidine rings is 2. The Morgan fingerprint density at radius 1 is 1.02 bits per heavy atom. The van der Waals surface area contributed by atoms with E-state index < -0.39 is 5.41 Å². The van der Waals surface area contributed by atoms with E-state index in [0.29, 0.717) is 18.5 Å². The number of nitrogens with one attached hydrogen (secondary N) is 3. The second kappa shape index (κ2) is 11.5. The molecule has 0 spiro atoms. The highest BCUT2D eigenvalue weighted by molar-refractivity contribution is 5.88. The first-order valence-corrected chi connectivity index (χ1v) is 15.5. The molecule has 41 heavy (non-hydrogen) atoms. The number of aryl methyl sites for hydroxylation is 2. The minimum Gasteiger partial charge on any atom is -0.382 e. The van der Waals surface area contributed by atoms with E-state index >= 15 is 0 Å². The van der Waals surface area contributed by atoms with Gasteiger partial charge in [-0.25, -0.2) is 0 Å². The Morgan fingerprint density at radius 2 is 1.73 bits per heavy atom. The maximum absolute atomic E-state index is 14.0. The summed E-state index contributed by atoms with van der Waals surface area (Å²) in [6.45, 7) is 12.0. The summed E-state index contributed by atoms with van der Waals surface area (Å²) in [5.41, 5.74) is 10.5.